The Balaban J connectivity index is 1.87. The summed E-state index contributed by atoms with van der Waals surface area (Å²) >= 11 is 0. The zero-order chi connectivity index (χ0) is 25.6. The minimum absolute atomic E-state index is 0.0552. The zero-order valence-corrected chi connectivity index (χ0v) is 24.1. The topological polar surface area (TPSA) is 12.9 Å². The van der Waals surface area contributed by atoms with Gasteiger partial charge in [-0.1, -0.05) is 110 Å². The van der Waals surface area contributed by atoms with E-state index in [9.17, 15) is 0 Å². The van der Waals surface area contributed by atoms with Crippen LogP contribution in [-0.2, 0) is 11.8 Å². The van der Waals surface area contributed by atoms with E-state index in [0.717, 1.165) is 12.1 Å². The maximum atomic E-state index is 5.03. The van der Waals surface area contributed by atoms with Gasteiger partial charge in [-0.3, -0.25) is 4.98 Å². The van der Waals surface area contributed by atoms with Crippen LogP contribution in [0.5, 0.6) is 0 Å². The number of nitrogens with zero attached hydrogens (tertiary/aromatic N) is 1. The van der Waals surface area contributed by atoms with Gasteiger partial charge in [-0.25, -0.2) is 0 Å². The number of benzene rings is 3. The number of hydrogen-bond acceptors (Lipinski definition) is 1. The smallest absolute Gasteiger partial charge is 0.0804 e. The van der Waals surface area contributed by atoms with Gasteiger partial charge in [-0.05, 0) is 73.7 Å². The lowest BCUT2D eigenvalue weighted by molar-refractivity contribution is 0.411. The lowest BCUT2D eigenvalue weighted by Gasteiger charge is -2.24. The van der Waals surface area contributed by atoms with Crippen LogP contribution in [0.15, 0.2) is 72.9 Å². The SMILES string of the molecule is CC(C)(C)Cc1ccc(-c2cc(-c3cc(C(C)(C)C)c4ccccc4c3)ncc2[Si](C)(C)C)cc1. The van der Waals surface area contributed by atoms with E-state index < -0.39 is 8.07 Å². The third-order valence-electron chi connectivity index (χ3n) is 6.68. The highest BCUT2D eigenvalue weighted by Crippen LogP contribution is 2.35. The fourth-order valence-corrected chi connectivity index (χ4v) is 6.42. The maximum absolute atomic E-state index is 5.03. The second-order valence-corrected chi connectivity index (χ2v) is 18.3. The van der Waals surface area contributed by atoms with Gasteiger partial charge < -0.3 is 0 Å². The van der Waals surface area contributed by atoms with Crippen molar-refractivity contribution in [3.05, 3.63) is 84.1 Å². The molecule has 0 spiro atoms. The van der Waals surface area contributed by atoms with Crippen molar-refractivity contribution >= 4 is 24.0 Å². The third-order valence-corrected chi connectivity index (χ3v) is 8.69. The molecule has 0 aliphatic heterocycles. The quantitative estimate of drug-likeness (QED) is 0.266. The molecule has 0 saturated carbocycles. The molecule has 0 aliphatic rings. The molecule has 2 heteroatoms. The average molecular weight is 480 g/mol. The molecule has 0 atom stereocenters. The van der Waals surface area contributed by atoms with Gasteiger partial charge in [0.05, 0.1) is 13.8 Å². The van der Waals surface area contributed by atoms with E-state index in [4.69, 9.17) is 4.98 Å². The van der Waals surface area contributed by atoms with E-state index in [1.165, 1.54) is 43.8 Å². The number of hydrogen-bond donors (Lipinski definition) is 0. The van der Waals surface area contributed by atoms with E-state index in [1.807, 2.05) is 0 Å². The van der Waals surface area contributed by atoms with Crippen LogP contribution in [-0.4, -0.2) is 13.1 Å². The Morgan fingerprint density at radius 2 is 1.40 bits per heavy atom. The summed E-state index contributed by atoms with van der Waals surface area (Å²) in [6.07, 6.45) is 3.24. The average Bonchev–Trinajstić information content (AvgIpc) is 2.76. The highest BCUT2D eigenvalue weighted by atomic mass is 28.3. The molecule has 0 bridgehead atoms. The Kier molecular flexibility index (Phi) is 6.57. The van der Waals surface area contributed by atoms with Gasteiger partial charge in [-0.15, -0.1) is 0 Å². The molecule has 0 N–H and O–H groups in total. The molecule has 4 aromatic rings. The normalized spacial score (nSPS) is 12.8. The molecular weight excluding hydrogens is 438 g/mol. The Hall–Kier alpha value is -2.71. The Bertz CT molecular complexity index is 1340. The highest BCUT2D eigenvalue weighted by Gasteiger charge is 2.24. The van der Waals surface area contributed by atoms with Crippen molar-refractivity contribution in [1.82, 2.24) is 4.98 Å². The summed E-state index contributed by atoms with van der Waals surface area (Å²) in [7, 11) is -1.58. The van der Waals surface area contributed by atoms with E-state index in [1.54, 1.807) is 0 Å². The molecule has 4 rings (SSSR count). The first kappa shape index (κ1) is 25.4. The van der Waals surface area contributed by atoms with Gasteiger partial charge in [-0.2, -0.15) is 0 Å². The first-order valence-electron chi connectivity index (χ1n) is 12.9. The van der Waals surface area contributed by atoms with Gasteiger partial charge in [0, 0.05) is 11.8 Å². The summed E-state index contributed by atoms with van der Waals surface area (Å²) in [5.41, 5.74) is 7.99. The van der Waals surface area contributed by atoms with Crippen LogP contribution in [0.3, 0.4) is 0 Å². The van der Waals surface area contributed by atoms with E-state index in [-0.39, 0.29) is 10.8 Å². The molecule has 0 amide bonds. The fourth-order valence-electron chi connectivity index (χ4n) is 4.94. The summed E-state index contributed by atoms with van der Waals surface area (Å²) < 4.78 is 0. The van der Waals surface area contributed by atoms with Crippen LogP contribution in [0.2, 0.25) is 19.6 Å². The second-order valence-electron chi connectivity index (χ2n) is 13.3. The Labute approximate surface area is 213 Å². The lowest BCUT2D eigenvalue weighted by atomic mass is 9.82. The third kappa shape index (κ3) is 5.75. The van der Waals surface area contributed by atoms with E-state index >= 15 is 0 Å². The molecule has 1 nitrogen and oxygen atoms in total. The van der Waals surface area contributed by atoms with Crippen molar-refractivity contribution in [1.29, 1.82) is 0 Å². The summed E-state index contributed by atoms with van der Waals surface area (Å²) in [4.78, 5) is 5.03. The monoisotopic (exact) mass is 479 g/mol. The fraction of sp³-hybridized carbons (Fsp3) is 0.364. The van der Waals surface area contributed by atoms with Crippen molar-refractivity contribution in [2.24, 2.45) is 5.41 Å². The Morgan fingerprint density at radius 3 is 2.00 bits per heavy atom. The minimum Gasteiger partial charge on any atom is -0.256 e. The number of fused-ring (bicyclic) bond motifs is 1. The summed E-state index contributed by atoms with van der Waals surface area (Å²) in [5, 5.41) is 4.03. The van der Waals surface area contributed by atoms with Crippen LogP contribution in [0.4, 0.5) is 0 Å². The van der Waals surface area contributed by atoms with E-state index in [0.29, 0.717) is 0 Å². The van der Waals surface area contributed by atoms with Crippen molar-refractivity contribution in [3.8, 4) is 22.4 Å². The molecular formula is C33H41NSi. The van der Waals surface area contributed by atoms with Gasteiger partial charge in [0.25, 0.3) is 0 Å². The molecule has 35 heavy (non-hydrogen) atoms. The van der Waals surface area contributed by atoms with Crippen molar-refractivity contribution in [2.45, 2.75) is 73.0 Å². The predicted octanol–water partition coefficient (Wildman–Crippen LogP) is 9.00. The van der Waals surface area contributed by atoms with Crippen molar-refractivity contribution in [3.63, 3.8) is 0 Å². The number of aromatic nitrogens is 1. The first-order valence-corrected chi connectivity index (χ1v) is 16.4. The van der Waals surface area contributed by atoms with Crippen molar-refractivity contribution in [2.75, 3.05) is 0 Å². The van der Waals surface area contributed by atoms with Crippen LogP contribution < -0.4 is 5.19 Å². The van der Waals surface area contributed by atoms with Gasteiger partial charge in [0.15, 0.2) is 0 Å². The summed E-state index contributed by atoms with van der Waals surface area (Å²) in [6.45, 7) is 21.0. The van der Waals surface area contributed by atoms with Gasteiger partial charge >= 0.3 is 0 Å². The van der Waals surface area contributed by atoms with Crippen LogP contribution >= 0.6 is 0 Å². The molecule has 0 radical (unpaired) electrons. The minimum atomic E-state index is -1.58. The van der Waals surface area contributed by atoms with Gasteiger partial charge in [0.1, 0.15) is 0 Å². The van der Waals surface area contributed by atoms with E-state index in [2.05, 4.69) is 134 Å². The highest BCUT2D eigenvalue weighted by molar-refractivity contribution is 6.89. The predicted molar refractivity (Wildman–Crippen MR) is 157 cm³/mol. The number of pyridine rings is 1. The molecule has 3 aromatic carbocycles. The molecule has 1 heterocycles. The molecule has 1 aromatic heterocycles. The van der Waals surface area contributed by atoms with Crippen LogP contribution in [0, 0.1) is 5.41 Å². The largest absolute Gasteiger partial charge is 0.256 e. The Morgan fingerprint density at radius 1 is 0.743 bits per heavy atom. The first-order chi connectivity index (χ1) is 16.2. The zero-order valence-electron chi connectivity index (χ0n) is 23.1. The van der Waals surface area contributed by atoms with Crippen molar-refractivity contribution < 1.29 is 0 Å². The molecule has 0 fully saturated rings. The molecule has 0 aliphatic carbocycles. The summed E-state index contributed by atoms with van der Waals surface area (Å²) in [6, 6.07) is 25.0. The van der Waals surface area contributed by atoms with Crippen LogP contribution in [0.1, 0.15) is 52.7 Å². The summed E-state index contributed by atoms with van der Waals surface area (Å²) in [5.74, 6) is 0. The standard InChI is InChI=1S/C33H41NSi/c1-32(2,3)21-23-14-16-24(17-15-23)28-20-30(34-22-31(28)35(7,8)9)26-18-25-12-10-11-13-27(25)29(19-26)33(4,5)6/h10-20,22H,21H2,1-9H3. The second kappa shape index (κ2) is 9.06. The van der Waals surface area contributed by atoms with Crippen LogP contribution in [0.25, 0.3) is 33.2 Å². The molecule has 0 unspecified atom stereocenters. The lowest BCUT2D eigenvalue weighted by Crippen LogP contribution is -2.39. The van der Waals surface area contributed by atoms with Gasteiger partial charge in [0.2, 0.25) is 0 Å². The molecule has 182 valence electrons. The number of rotatable bonds is 4. The maximum Gasteiger partial charge on any atom is 0.0804 e. The molecule has 0 saturated heterocycles.